The Labute approximate surface area is 194 Å². The van der Waals surface area contributed by atoms with Crippen molar-refractivity contribution >= 4 is 56.7 Å². The summed E-state index contributed by atoms with van der Waals surface area (Å²) in [7, 11) is 0. The molecule has 0 bridgehead atoms. The normalized spacial score (nSPS) is 16.2. The van der Waals surface area contributed by atoms with E-state index in [1.165, 1.54) is 9.80 Å². The maximum atomic E-state index is 13.0. The van der Waals surface area contributed by atoms with E-state index >= 15 is 0 Å². The van der Waals surface area contributed by atoms with Gasteiger partial charge in [-0.15, -0.1) is 0 Å². The molecule has 0 spiro atoms. The summed E-state index contributed by atoms with van der Waals surface area (Å²) < 4.78 is 0. The number of fused-ring (bicyclic) bond motifs is 6. The maximum Gasteiger partial charge on any atom is 0.317 e. The molecule has 0 unspecified atom stereocenters. The van der Waals surface area contributed by atoms with Crippen molar-refractivity contribution in [3.8, 4) is 0 Å². The fourth-order valence-corrected chi connectivity index (χ4v) is 4.26. The summed E-state index contributed by atoms with van der Waals surface area (Å²) in [5.74, 6) is -3.11. The molecule has 0 saturated carbocycles. The molecule has 176 valence electrons. The van der Waals surface area contributed by atoms with E-state index in [-0.39, 0.29) is 26.2 Å². The molecule has 0 saturated heterocycles. The molecular weight excluding hydrogens is 440 g/mol. The van der Waals surface area contributed by atoms with Gasteiger partial charge in [-0.3, -0.25) is 29.0 Å². The first-order valence-corrected chi connectivity index (χ1v) is 10.7. The fraction of sp³-hybridized carbons (Fsp3) is 0.250. The van der Waals surface area contributed by atoms with Crippen molar-refractivity contribution in [3.05, 3.63) is 48.5 Å². The molecule has 1 aliphatic heterocycles. The predicted molar refractivity (Wildman–Crippen MR) is 127 cm³/mol. The van der Waals surface area contributed by atoms with Crippen molar-refractivity contribution < 1.29 is 29.4 Å². The van der Waals surface area contributed by atoms with Gasteiger partial charge in [0.1, 0.15) is 0 Å². The first kappa shape index (κ1) is 23.1. The molecule has 1 aliphatic rings. The SMILES string of the molecule is O=C(O)CN1CCN(CC(=O)O)CC(=O)Nc2c(c3ccccc3c3ccccc23)NC(=O)C1. The zero-order valence-electron chi connectivity index (χ0n) is 18.3. The molecule has 3 aromatic rings. The Morgan fingerprint density at radius 2 is 1.03 bits per heavy atom. The van der Waals surface area contributed by atoms with Crippen molar-refractivity contribution in [2.24, 2.45) is 0 Å². The van der Waals surface area contributed by atoms with E-state index < -0.39 is 36.8 Å². The summed E-state index contributed by atoms with van der Waals surface area (Å²) in [4.78, 5) is 51.5. The molecule has 10 heteroatoms. The van der Waals surface area contributed by atoms with E-state index in [0.29, 0.717) is 22.1 Å². The zero-order chi connectivity index (χ0) is 24.2. The van der Waals surface area contributed by atoms with Gasteiger partial charge in [0.2, 0.25) is 11.8 Å². The maximum absolute atomic E-state index is 13.0. The molecule has 0 aliphatic carbocycles. The number of carbonyl (C=O) groups is 4. The Hall–Kier alpha value is -4.02. The van der Waals surface area contributed by atoms with Crippen LogP contribution in [0.3, 0.4) is 0 Å². The molecular formula is C24H24N4O6. The second kappa shape index (κ2) is 9.86. The van der Waals surface area contributed by atoms with Gasteiger partial charge in [-0.25, -0.2) is 0 Å². The number of amides is 2. The average molecular weight is 464 g/mol. The number of hydrogen-bond acceptors (Lipinski definition) is 6. The highest BCUT2D eigenvalue weighted by Gasteiger charge is 2.23. The lowest BCUT2D eigenvalue weighted by Crippen LogP contribution is -2.45. The fourth-order valence-electron chi connectivity index (χ4n) is 4.26. The van der Waals surface area contributed by atoms with Crippen LogP contribution in [0, 0.1) is 0 Å². The highest BCUT2D eigenvalue weighted by atomic mass is 16.4. The van der Waals surface area contributed by atoms with Crippen LogP contribution in [0.5, 0.6) is 0 Å². The summed E-state index contributed by atoms with van der Waals surface area (Å²) in [6.07, 6.45) is 0. The van der Waals surface area contributed by atoms with Crippen LogP contribution in [-0.2, 0) is 19.2 Å². The summed E-state index contributed by atoms with van der Waals surface area (Å²) in [6, 6.07) is 14.9. The molecule has 0 atom stereocenters. The van der Waals surface area contributed by atoms with E-state index in [4.69, 9.17) is 0 Å². The van der Waals surface area contributed by atoms with Crippen molar-refractivity contribution in [1.29, 1.82) is 0 Å². The Balaban J connectivity index is 1.85. The summed E-state index contributed by atoms with van der Waals surface area (Å²) in [5.41, 5.74) is 0.821. The van der Waals surface area contributed by atoms with Crippen molar-refractivity contribution in [2.45, 2.75) is 0 Å². The second-order valence-corrected chi connectivity index (χ2v) is 8.15. The lowest BCUT2D eigenvalue weighted by atomic mass is 9.98. The van der Waals surface area contributed by atoms with Gasteiger partial charge in [0.05, 0.1) is 37.6 Å². The summed E-state index contributed by atoms with van der Waals surface area (Å²) in [6.45, 7) is -1.00. The molecule has 0 radical (unpaired) electrons. The van der Waals surface area contributed by atoms with Gasteiger partial charge in [-0.1, -0.05) is 48.5 Å². The number of rotatable bonds is 4. The molecule has 2 amide bonds. The highest BCUT2D eigenvalue weighted by Crippen LogP contribution is 2.40. The van der Waals surface area contributed by atoms with Crippen LogP contribution in [0.4, 0.5) is 11.4 Å². The van der Waals surface area contributed by atoms with E-state index in [1.54, 1.807) is 0 Å². The van der Waals surface area contributed by atoms with Crippen LogP contribution in [0.2, 0.25) is 0 Å². The number of carboxylic acid groups (broad SMARTS) is 2. The number of nitrogens with zero attached hydrogens (tertiary/aromatic N) is 2. The Kier molecular flexibility index (Phi) is 6.71. The number of carboxylic acids is 2. The molecule has 3 aromatic carbocycles. The van der Waals surface area contributed by atoms with E-state index in [9.17, 15) is 29.4 Å². The van der Waals surface area contributed by atoms with Gasteiger partial charge in [-0.2, -0.15) is 0 Å². The minimum absolute atomic E-state index is 0.103. The average Bonchev–Trinajstić information content (AvgIpc) is 2.78. The first-order chi connectivity index (χ1) is 16.3. The third-order valence-electron chi connectivity index (χ3n) is 5.65. The van der Waals surface area contributed by atoms with Gasteiger partial charge in [-0.05, 0) is 10.8 Å². The highest BCUT2D eigenvalue weighted by molar-refractivity contribution is 6.24. The molecule has 0 aromatic heterocycles. The van der Waals surface area contributed by atoms with Crippen LogP contribution in [0.15, 0.2) is 48.5 Å². The van der Waals surface area contributed by atoms with Gasteiger partial charge >= 0.3 is 11.9 Å². The second-order valence-electron chi connectivity index (χ2n) is 8.15. The Morgan fingerprint density at radius 1 is 0.676 bits per heavy atom. The number of anilines is 2. The van der Waals surface area contributed by atoms with Crippen LogP contribution >= 0.6 is 0 Å². The number of benzene rings is 3. The summed E-state index contributed by atoms with van der Waals surface area (Å²) >= 11 is 0. The predicted octanol–water partition coefficient (Wildman–Crippen LogP) is 1.66. The summed E-state index contributed by atoms with van der Waals surface area (Å²) in [5, 5.41) is 27.5. The Bertz CT molecular complexity index is 1190. The topological polar surface area (TPSA) is 139 Å². The van der Waals surface area contributed by atoms with Gasteiger partial charge in [0.25, 0.3) is 0 Å². The quantitative estimate of drug-likeness (QED) is 0.428. The van der Waals surface area contributed by atoms with Crippen LogP contribution in [0.1, 0.15) is 0 Å². The van der Waals surface area contributed by atoms with E-state index in [1.807, 2.05) is 48.5 Å². The van der Waals surface area contributed by atoms with E-state index in [2.05, 4.69) is 10.6 Å². The first-order valence-electron chi connectivity index (χ1n) is 10.7. The van der Waals surface area contributed by atoms with Crippen molar-refractivity contribution in [2.75, 3.05) is 49.9 Å². The largest absolute Gasteiger partial charge is 0.480 e. The number of carbonyl (C=O) groups excluding carboxylic acids is 2. The monoisotopic (exact) mass is 464 g/mol. The molecule has 4 N–H and O–H groups in total. The van der Waals surface area contributed by atoms with Gasteiger partial charge in [0.15, 0.2) is 0 Å². The molecule has 34 heavy (non-hydrogen) atoms. The van der Waals surface area contributed by atoms with Crippen molar-refractivity contribution in [1.82, 2.24) is 9.80 Å². The number of aliphatic carboxylic acids is 2. The smallest absolute Gasteiger partial charge is 0.317 e. The van der Waals surface area contributed by atoms with E-state index in [0.717, 1.165) is 10.8 Å². The van der Waals surface area contributed by atoms with Crippen LogP contribution in [0.25, 0.3) is 21.5 Å². The minimum Gasteiger partial charge on any atom is -0.480 e. The molecule has 1 heterocycles. The minimum atomic E-state index is -1.11. The standard InChI is InChI=1S/C24H24N4O6/c29-19-11-27(13-21(31)32)9-10-28(14-22(33)34)12-20(30)26-24-18-8-4-2-6-16(18)15-5-1-3-7-17(15)23(24)25-19/h1-8H,9-14H2,(H,25,29)(H,26,30)(H,31,32)(H,33,34). The molecule has 0 fully saturated rings. The third-order valence-corrected chi connectivity index (χ3v) is 5.65. The number of hydrogen-bond donors (Lipinski definition) is 4. The lowest BCUT2D eigenvalue weighted by Gasteiger charge is -2.27. The lowest BCUT2D eigenvalue weighted by molar-refractivity contribution is -0.140. The van der Waals surface area contributed by atoms with Crippen molar-refractivity contribution in [3.63, 3.8) is 0 Å². The zero-order valence-corrected chi connectivity index (χ0v) is 18.3. The van der Waals surface area contributed by atoms with Gasteiger partial charge < -0.3 is 20.8 Å². The number of nitrogens with one attached hydrogen (secondary N) is 2. The molecule has 10 nitrogen and oxygen atoms in total. The molecule has 4 rings (SSSR count). The van der Waals surface area contributed by atoms with Crippen LogP contribution in [-0.4, -0.2) is 83.0 Å². The van der Waals surface area contributed by atoms with Crippen LogP contribution < -0.4 is 10.6 Å². The van der Waals surface area contributed by atoms with Gasteiger partial charge in [0, 0.05) is 23.9 Å². The Morgan fingerprint density at radius 3 is 1.38 bits per heavy atom. The third kappa shape index (κ3) is 5.13.